The second kappa shape index (κ2) is 6.49. The van der Waals surface area contributed by atoms with Crippen LogP contribution in [0.1, 0.15) is 31.8 Å². The van der Waals surface area contributed by atoms with Gasteiger partial charge in [0.05, 0.1) is 5.56 Å². The Labute approximate surface area is 174 Å². The monoisotopic (exact) mass is 451 g/mol. The summed E-state index contributed by atoms with van der Waals surface area (Å²) in [5.74, 6) is -0.794. The highest BCUT2D eigenvalue weighted by molar-refractivity contribution is 9.10. The van der Waals surface area contributed by atoms with Crippen LogP contribution in [-0.2, 0) is 5.66 Å². The number of nitrogens with zero attached hydrogens (tertiary/aromatic N) is 3. The summed E-state index contributed by atoms with van der Waals surface area (Å²) < 4.78 is 14.3. The van der Waals surface area contributed by atoms with Crippen LogP contribution in [-0.4, -0.2) is 39.7 Å². The van der Waals surface area contributed by atoms with E-state index in [2.05, 4.69) is 20.9 Å². The fourth-order valence-corrected chi connectivity index (χ4v) is 4.62. The second-order valence-corrected chi connectivity index (χ2v) is 7.94. The molecule has 0 radical (unpaired) electrons. The van der Waals surface area contributed by atoms with Crippen molar-refractivity contribution in [2.45, 2.75) is 5.66 Å². The number of hydrogen-bond acceptors (Lipinski definition) is 3. The molecule has 0 N–H and O–H groups in total. The average Bonchev–Trinajstić information content (AvgIpc) is 3.25. The minimum Gasteiger partial charge on any atom is -0.306 e. The molecule has 2 amide bonds. The highest BCUT2D eigenvalue weighted by Crippen LogP contribution is 2.49. The Balaban J connectivity index is 1.74. The van der Waals surface area contributed by atoms with Gasteiger partial charge in [0.2, 0.25) is 0 Å². The van der Waals surface area contributed by atoms with Crippen molar-refractivity contribution in [3.63, 3.8) is 0 Å². The molecule has 0 bridgehead atoms. The zero-order chi connectivity index (χ0) is 20.2. The molecule has 1 fully saturated rings. The van der Waals surface area contributed by atoms with Gasteiger partial charge in [0.1, 0.15) is 5.82 Å². The van der Waals surface area contributed by atoms with Gasteiger partial charge in [0, 0.05) is 46.6 Å². The maximum Gasteiger partial charge on any atom is 0.256 e. The molecule has 0 aliphatic carbocycles. The molecule has 1 unspecified atom stereocenters. The SMILES string of the molecule is O=C(c1ccc(F)cc1)N1CCN2C(=O)c3ccncc3C12c1ccc(Br)cc1. The van der Waals surface area contributed by atoms with E-state index in [9.17, 15) is 14.0 Å². The number of carbonyl (C=O) groups excluding carboxylic acids is 2. The van der Waals surface area contributed by atoms with Crippen molar-refractivity contribution in [3.8, 4) is 0 Å². The van der Waals surface area contributed by atoms with Crippen LogP contribution in [0, 0.1) is 5.82 Å². The lowest BCUT2D eigenvalue weighted by atomic mass is 9.90. The van der Waals surface area contributed by atoms with E-state index in [4.69, 9.17) is 0 Å². The zero-order valence-electron chi connectivity index (χ0n) is 15.2. The third-order valence-corrected chi connectivity index (χ3v) is 6.11. The summed E-state index contributed by atoms with van der Waals surface area (Å²) >= 11 is 3.45. The van der Waals surface area contributed by atoms with Crippen molar-refractivity contribution in [1.29, 1.82) is 0 Å². The number of amides is 2. The number of fused-ring (bicyclic) bond motifs is 3. The van der Waals surface area contributed by atoms with Crippen molar-refractivity contribution in [2.24, 2.45) is 0 Å². The standard InChI is InChI=1S/C22H15BrFN3O2/c23-16-5-3-15(4-6-16)22-19-13-25-10-9-18(19)21(29)27(22)12-11-26(22)20(28)14-1-7-17(24)8-2-14/h1-10,13H,11-12H2. The van der Waals surface area contributed by atoms with Crippen molar-refractivity contribution < 1.29 is 14.0 Å². The number of halogens is 2. The van der Waals surface area contributed by atoms with Crippen molar-refractivity contribution >= 4 is 27.7 Å². The third kappa shape index (κ3) is 2.47. The van der Waals surface area contributed by atoms with Gasteiger partial charge < -0.3 is 9.80 Å². The van der Waals surface area contributed by atoms with Gasteiger partial charge in [-0.3, -0.25) is 14.6 Å². The summed E-state index contributed by atoms with van der Waals surface area (Å²) in [5.41, 5.74) is 1.32. The van der Waals surface area contributed by atoms with Gasteiger partial charge in [-0.2, -0.15) is 0 Å². The van der Waals surface area contributed by atoms with Gasteiger partial charge in [0.25, 0.3) is 11.8 Å². The first kappa shape index (κ1) is 18.0. The molecule has 3 aromatic rings. The fourth-order valence-electron chi connectivity index (χ4n) is 4.36. The minimum atomic E-state index is -1.08. The topological polar surface area (TPSA) is 53.5 Å². The first-order valence-corrected chi connectivity index (χ1v) is 9.93. The first-order valence-electron chi connectivity index (χ1n) is 9.13. The van der Waals surface area contributed by atoms with Crippen LogP contribution in [0.15, 0.2) is 71.5 Å². The lowest BCUT2D eigenvalue weighted by molar-refractivity contribution is 0.0374. The van der Waals surface area contributed by atoms with E-state index in [1.807, 2.05) is 24.3 Å². The lowest BCUT2D eigenvalue weighted by Gasteiger charge is -2.40. The molecule has 5 nitrogen and oxygen atoms in total. The van der Waals surface area contributed by atoms with Crippen LogP contribution >= 0.6 is 15.9 Å². The molecule has 1 aromatic heterocycles. The smallest absolute Gasteiger partial charge is 0.256 e. The average molecular weight is 452 g/mol. The lowest BCUT2D eigenvalue weighted by Crippen LogP contribution is -2.51. The van der Waals surface area contributed by atoms with Gasteiger partial charge in [-0.05, 0) is 42.5 Å². The van der Waals surface area contributed by atoms with E-state index in [0.717, 1.165) is 10.0 Å². The number of hydrogen-bond donors (Lipinski definition) is 0. The molecule has 0 saturated carbocycles. The molecule has 29 heavy (non-hydrogen) atoms. The fraction of sp³-hybridized carbons (Fsp3) is 0.136. The molecular weight excluding hydrogens is 437 g/mol. The maximum atomic E-state index is 13.5. The number of aromatic nitrogens is 1. The van der Waals surface area contributed by atoms with Crippen LogP contribution in [0.5, 0.6) is 0 Å². The normalized spacial score (nSPS) is 20.0. The summed E-state index contributed by atoms with van der Waals surface area (Å²) in [6.45, 7) is 0.767. The number of carbonyl (C=O) groups is 2. The molecule has 0 spiro atoms. The van der Waals surface area contributed by atoms with Crippen molar-refractivity contribution in [1.82, 2.24) is 14.8 Å². The molecule has 5 rings (SSSR count). The molecule has 3 heterocycles. The zero-order valence-corrected chi connectivity index (χ0v) is 16.8. The van der Waals surface area contributed by atoms with E-state index in [-0.39, 0.29) is 11.8 Å². The number of pyridine rings is 1. The Morgan fingerprint density at radius 1 is 1.03 bits per heavy atom. The predicted molar refractivity (Wildman–Crippen MR) is 108 cm³/mol. The molecule has 7 heteroatoms. The molecular formula is C22H15BrFN3O2. The Morgan fingerprint density at radius 2 is 1.76 bits per heavy atom. The van der Waals surface area contributed by atoms with Gasteiger partial charge in [-0.1, -0.05) is 28.1 Å². The number of rotatable bonds is 2. The van der Waals surface area contributed by atoms with Crippen molar-refractivity contribution in [3.05, 3.63) is 99.5 Å². The van der Waals surface area contributed by atoms with E-state index in [1.54, 1.807) is 28.3 Å². The summed E-state index contributed by atoms with van der Waals surface area (Å²) in [4.78, 5) is 34.3. The van der Waals surface area contributed by atoms with Crippen LogP contribution in [0.25, 0.3) is 0 Å². The highest BCUT2D eigenvalue weighted by atomic mass is 79.9. The predicted octanol–water partition coefficient (Wildman–Crippen LogP) is 3.80. The second-order valence-electron chi connectivity index (χ2n) is 7.02. The Bertz CT molecular complexity index is 1130. The van der Waals surface area contributed by atoms with Gasteiger partial charge >= 0.3 is 0 Å². The Kier molecular flexibility index (Phi) is 4.03. The Morgan fingerprint density at radius 3 is 2.48 bits per heavy atom. The molecule has 1 atom stereocenters. The van der Waals surface area contributed by atoms with Gasteiger partial charge in [0.15, 0.2) is 5.66 Å². The minimum absolute atomic E-state index is 0.125. The van der Waals surface area contributed by atoms with E-state index >= 15 is 0 Å². The van der Waals surface area contributed by atoms with Crippen molar-refractivity contribution in [2.75, 3.05) is 13.1 Å². The largest absolute Gasteiger partial charge is 0.306 e. The third-order valence-electron chi connectivity index (χ3n) is 5.58. The van der Waals surface area contributed by atoms with Crippen LogP contribution in [0.3, 0.4) is 0 Å². The summed E-state index contributed by atoms with van der Waals surface area (Å²) in [6, 6.07) is 14.8. The molecule has 144 valence electrons. The van der Waals surface area contributed by atoms with Gasteiger partial charge in [-0.15, -0.1) is 0 Å². The molecule has 2 aromatic carbocycles. The summed E-state index contributed by atoms with van der Waals surface area (Å²) in [7, 11) is 0. The quantitative estimate of drug-likeness (QED) is 0.595. The molecule has 2 aliphatic heterocycles. The summed E-state index contributed by atoms with van der Waals surface area (Å²) in [5, 5.41) is 0. The van der Waals surface area contributed by atoms with E-state index in [0.29, 0.717) is 29.8 Å². The van der Waals surface area contributed by atoms with E-state index < -0.39 is 11.5 Å². The van der Waals surface area contributed by atoms with Crippen LogP contribution in [0.2, 0.25) is 0 Å². The van der Waals surface area contributed by atoms with Crippen LogP contribution < -0.4 is 0 Å². The number of benzene rings is 2. The highest BCUT2D eigenvalue weighted by Gasteiger charge is 2.59. The summed E-state index contributed by atoms with van der Waals surface area (Å²) in [6.07, 6.45) is 3.24. The van der Waals surface area contributed by atoms with E-state index in [1.165, 1.54) is 24.3 Å². The molecule has 2 aliphatic rings. The Hall–Kier alpha value is -3.06. The van der Waals surface area contributed by atoms with Gasteiger partial charge in [-0.25, -0.2) is 4.39 Å². The van der Waals surface area contributed by atoms with Crippen LogP contribution in [0.4, 0.5) is 4.39 Å². The first-order chi connectivity index (χ1) is 14.0. The maximum absolute atomic E-state index is 13.5. The molecule has 1 saturated heterocycles.